The van der Waals surface area contributed by atoms with E-state index < -0.39 is 0 Å². The molecule has 5 nitrogen and oxygen atoms in total. The summed E-state index contributed by atoms with van der Waals surface area (Å²) in [7, 11) is 0. The third-order valence-corrected chi connectivity index (χ3v) is 4.39. The molecule has 3 rings (SSSR count). The highest BCUT2D eigenvalue weighted by molar-refractivity contribution is 5.52. The number of rotatable bonds is 3. The standard InChI is InChI=1S/C18H20FN5/c1-3-17-13(2)21-11-18(22-17)23-8-9-24(16(10-20)12-23)15-6-4-14(19)5-7-15/h4-7,11,16H,3,8-9,12H2,1-2H3. The average Bonchev–Trinajstić information content (AvgIpc) is 2.62. The van der Waals surface area contributed by atoms with Crippen LogP contribution in [0.2, 0.25) is 0 Å². The van der Waals surface area contributed by atoms with Gasteiger partial charge in [-0.15, -0.1) is 0 Å². The normalized spacial score (nSPS) is 17.7. The Labute approximate surface area is 141 Å². The number of nitrogens with zero attached hydrogens (tertiary/aromatic N) is 5. The molecule has 0 amide bonds. The molecule has 0 aliphatic carbocycles. The Morgan fingerprint density at radius 1 is 1.29 bits per heavy atom. The highest BCUT2D eigenvalue weighted by Crippen LogP contribution is 2.23. The van der Waals surface area contributed by atoms with E-state index in [-0.39, 0.29) is 11.9 Å². The Morgan fingerprint density at radius 2 is 2.04 bits per heavy atom. The predicted octanol–water partition coefficient (Wildman–Crippen LogP) is 2.71. The number of piperazine rings is 1. The molecule has 0 saturated carbocycles. The predicted molar refractivity (Wildman–Crippen MR) is 91.5 cm³/mol. The van der Waals surface area contributed by atoms with E-state index in [1.807, 2.05) is 11.8 Å². The van der Waals surface area contributed by atoms with Crippen LogP contribution < -0.4 is 9.80 Å². The highest BCUT2D eigenvalue weighted by Gasteiger charge is 2.28. The molecule has 2 aromatic rings. The fraction of sp³-hybridized carbons (Fsp3) is 0.389. The van der Waals surface area contributed by atoms with Crippen molar-refractivity contribution < 1.29 is 4.39 Å². The number of aryl methyl sites for hydroxylation is 2. The number of aromatic nitrogens is 2. The Bertz CT molecular complexity index is 753. The fourth-order valence-corrected chi connectivity index (χ4v) is 3.01. The van der Waals surface area contributed by atoms with Crippen LogP contribution in [0.3, 0.4) is 0 Å². The van der Waals surface area contributed by atoms with Crippen LogP contribution in [0.5, 0.6) is 0 Å². The maximum absolute atomic E-state index is 13.1. The molecule has 0 spiro atoms. The van der Waals surface area contributed by atoms with Gasteiger partial charge in [-0.05, 0) is 37.6 Å². The second-order valence-electron chi connectivity index (χ2n) is 5.87. The second kappa shape index (κ2) is 6.83. The minimum atomic E-state index is -0.308. The molecule has 124 valence electrons. The number of hydrogen-bond acceptors (Lipinski definition) is 5. The molecular formula is C18H20FN5. The van der Waals surface area contributed by atoms with Crippen molar-refractivity contribution in [3.63, 3.8) is 0 Å². The molecule has 0 bridgehead atoms. The molecule has 6 heteroatoms. The molecule has 1 aromatic heterocycles. The van der Waals surface area contributed by atoms with Crippen molar-refractivity contribution in [2.75, 3.05) is 29.4 Å². The van der Waals surface area contributed by atoms with Gasteiger partial charge in [0.1, 0.15) is 17.7 Å². The molecule has 1 aromatic carbocycles. The molecule has 1 aliphatic rings. The Hall–Kier alpha value is -2.68. The average molecular weight is 325 g/mol. The molecule has 2 heterocycles. The summed E-state index contributed by atoms with van der Waals surface area (Å²) in [6.07, 6.45) is 2.61. The summed E-state index contributed by atoms with van der Waals surface area (Å²) in [4.78, 5) is 13.2. The quantitative estimate of drug-likeness (QED) is 0.868. The van der Waals surface area contributed by atoms with E-state index in [9.17, 15) is 9.65 Å². The second-order valence-corrected chi connectivity index (χ2v) is 5.87. The smallest absolute Gasteiger partial charge is 0.147 e. The van der Waals surface area contributed by atoms with Crippen LogP contribution in [0.25, 0.3) is 0 Å². The zero-order valence-electron chi connectivity index (χ0n) is 13.9. The van der Waals surface area contributed by atoms with E-state index in [1.54, 1.807) is 18.3 Å². The van der Waals surface area contributed by atoms with Gasteiger partial charge in [-0.3, -0.25) is 4.98 Å². The summed E-state index contributed by atoms with van der Waals surface area (Å²) in [6, 6.07) is 8.33. The first-order valence-electron chi connectivity index (χ1n) is 8.11. The molecule has 24 heavy (non-hydrogen) atoms. The monoisotopic (exact) mass is 325 g/mol. The summed E-state index contributed by atoms with van der Waals surface area (Å²) in [6.45, 7) is 6.00. The van der Waals surface area contributed by atoms with E-state index in [0.29, 0.717) is 13.1 Å². The van der Waals surface area contributed by atoms with Gasteiger partial charge in [0, 0.05) is 18.8 Å². The molecule has 0 radical (unpaired) electrons. The summed E-state index contributed by atoms with van der Waals surface area (Å²) < 4.78 is 13.1. The first kappa shape index (κ1) is 16.2. The van der Waals surface area contributed by atoms with Crippen LogP contribution in [-0.2, 0) is 6.42 Å². The third kappa shape index (κ3) is 3.16. The van der Waals surface area contributed by atoms with Gasteiger partial charge in [-0.1, -0.05) is 6.92 Å². The molecule has 1 fully saturated rings. The van der Waals surface area contributed by atoms with Gasteiger partial charge in [-0.25, -0.2) is 9.37 Å². The number of benzene rings is 1. The van der Waals surface area contributed by atoms with Gasteiger partial charge < -0.3 is 9.80 Å². The molecule has 1 saturated heterocycles. The van der Waals surface area contributed by atoms with Crippen LogP contribution in [0.4, 0.5) is 15.9 Å². The number of anilines is 2. The first-order valence-corrected chi connectivity index (χ1v) is 8.11. The van der Waals surface area contributed by atoms with Gasteiger partial charge in [0.05, 0.1) is 30.2 Å². The van der Waals surface area contributed by atoms with E-state index >= 15 is 0 Å². The van der Waals surface area contributed by atoms with Crippen LogP contribution in [0.15, 0.2) is 30.5 Å². The maximum atomic E-state index is 13.1. The fourth-order valence-electron chi connectivity index (χ4n) is 3.01. The van der Waals surface area contributed by atoms with Crippen molar-refractivity contribution in [2.24, 2.45) is 0 Å². The third-order valence-electron chi connectivity index (χ3n) is 4.39. The van der Waals surface area contributed by atoms with Gasteiger partial charge in [0.2, 0.25) is 0 Å². The van der Waals surface area contributed by atoms with Crippen molar-refractivity contribution in [3.8, 4) is 6.07 Å². The molecule has 1 aliphatic heterocycles. The van der Waals surface area contributed by atoms with Crippen molar-refractivity contribution in [1.29, 1.82) is 5.26 Å². The van der Waals surface area contributed by atoms with Crippen molar-refractivity contribution in [2.45, 2.75) is 26.3 Å². The molecular weight excluding hydrogens is 305 g/mol. The van der Waals surface area contributed by atoms with Crippen LogP contribution in [0.1, 0.15) is 18.3 Å². The molecule has 1 atom stereocenters. The largest absolute Gasteiger partial charge is 0.352 e. The summed E-state index contributed by atoms with van der Waals surface area (Å²) in [5.74, 6) is 0.546. The van der Waals surface area contributed by atoms with Gasteiger partial charge in [0.25, 0.3) is 0 Å². The van der Waals surface area contributed by atoms with E-state index in [4.69, 9.17) is 0 Å². The lowest BCUT2D eigenvalue weighted by atomic mass is 10.1. The Balaban J connectivity index is 1.80. The minimum Gasteiger partial charge on any atom is -0.352 e. The van der Waals surface area contributed by atoms with E-state index in [2.05, 4.69) is 27.9 Å². The van der Waals surface area contributed by atoms with E-state index in [0.717, 1.165) is 35.9 Å². The maximum Gasteiger partial charge on any atom is 0.147 e. The van der Waals surface area contributed by atoms with Crippen LogP contribution in [-0.4, -0.2) is 35.6 Å². The lowest BCUT2D eigenvalue weighted by Crippen LogP contribution is -2.53. The Kier molecular flexibility index (Phi) is 4.61. The zero-order chi connectivity index (χ0) is 17.1. The van der Waals surface area contributed by atoms with Gasteiger partial charge >= 0.3 is 0 Å². The molecule has 0 N–H and O–H groups in total. The van der Waals surface area contributed by atoms with Gasteiger partial charge in [-0.2, -0.15) is 5.26 Å². The number of hydrogen-bond donors (Lipinski definition) is 0. The summed E-state index contributed by atoms with van der Waals surface area (Å²) in [5, 5.41) is 9.56. The van der Waals surface area contributed by atoms with Crippen molar-refractivity contribution >= 4 is 11.5 Å². The SMILES string of the molecule is CCc1nc(N2CCN(c3ccc(F)cc3)C(C#N)C2)cnc1C. The first-order chi connectivity index (χ1) is 11.6. The number of nitriles is 1. The highest BCUT2D eigenvalue weighted by atomic mass is 19.1. The topological polar surface area (TPSA) is 56.1 Å². The Morgan fingerprint density at radius 3 is 2.71 bits per heavy atom. The lowest BCUT2D eigenvalue weighted by molar-refractivity contribution is 0.583. The number of halogens is 1. The summed E-state index contributed by atoms with van der Waals surface area (Å²) in [5.41, 5.74) is 2.80. The summed E-state index contributed by atoms with van der Waals surface area (Å²) >= 11 is 0. The van der Waals surface area contributed by atoms with E-state index in [1.165, 1.54) is 12.1 Å². The zero-order valence-corrected chi connectivity index (χ0v) is 13.9. The van der Waals surface area contributed by atoms with Crippen molar-refractivity contribution in [1.82, 2.24) is 9.97 Å². The molecule has 1 unspecified atom stereocenters. The lowest BCUT2D eigenvalue weighted by Gasteiger charge is -2.40. The van der Waals surface area contributed by atoms with Crippen LogP contribution in [0, 0.1) is 24.1 Å². The minimum absolute atomic E-state index is 0.270. The van der Waals surface area contributed by atoms with Crippen molar-refractivity contribution in [3.05, 3.63) is 47.7 Å². The van der Waals surface area contributed by atoms with Crippen LogP contribution >= 0.6 is 0 Å². The van der Waals surface area contributed by atoms with Gasteiger partial charge in [0.15, 0.2) is 0 Å².